The summed E-state index contributed by atoms with van der Waals surface area (Å²) in [6.07, 6.45) is 10.8. The maximum atomic E-state index is 2.37. The van der Waals surface area contributed by atoms with Gasteiger partial charge in [-0.2, -0.15) is 4.57 Å². The van der Waals surface area contributed by atoms with E-state index in [1.54, 1.807) is 0 Å². The minimum absolute atomic E-state index is 0. The summed E-state index contributed by atoms with van der Waals surface area (Å²) in [6, 6.07) is 17.2. The van der Waals surface area contributed by atoms with Crippen molar-refractivity contribution in [3.8, 4) is 0 Å². The Morgan fingerprint density at radius 2 is 1.75 bits per heavy atom. The van der Waals surface area contributed by atoms with Gasteiger partial charge in [-0.15, -0.1) is 0 Å². The Labute approximate surface area is 192 Å². The number of anilines is 1. The van der Waals surface area contributed by atoms with Crippen molar-refractivity contribution in [2.45, 2.75) is 25.3 Å². The molecule has 0 saturated carbocycles. The maximum Gasteiger partial charge on any atom is 0.262 e. The zero-order valence-electron chi connectivity index (χ0n) is 16.0. The molecule has 0 aliphatic carbocycles. The Balaban J connectivity index is 0.00000225. The molecule has 3 aromatic rings. The van der Waals surface area contributed by atoms with E-state index < -0.39 is 0 Å². The van der Waals surface area contributed by atoms with Crippen molar-refractivity contribution >= 4 is 45.1 Å². The molecule has 144 valence electrons. The van der Waals surface area contributed by atoms with E-state index in [0.717, 1.165) is 13.1 Å². The number of hydrogen-bond donors (Lipinski definition) is 0. The van der Waals surface area contributed by atoms with Gasteiger partial charge < -0.3 is 28.9 Å². The van der Waals surface area contributed by atoms with Crippen molar-refractivity contribution in [1.82, 2.24) is 0 Å². The van der Waals surface area contributed by atoms with Gasteiger partial charge in [0, 0.05) is 23.6 Å². The average Bonchev–Trinajstić information content (AvgIpc) is 3.24. The molecule has 2 aromatic carbocycles. The van der Waals surface area contributed by atoms with Crippen LogP contribution >= 0.6 is 23.1 Å². The largest absolute Gasteiger partial charge is 1.00 e. The fraction of sp³-hybridized carbons (Fsp3) is 0.174. The lowest BCUT2D eigenvalue weighted by Crippen LogP contribution is -3.00. The number of aryl methyl sites for hydroxylation is 1. The maximum absolute atomic E-state index is 2.37. The number of aromatic nitrogens is 1. The molecule has 0 amide bonds. The number of para-hydroxylation sites is 2. The fourth-order valence-corrected chi connectivity index (χ4v) is 5.62. The molecule has 1 aliphatic heterocycles. The lowest BCUT2D eigenvalue weighted by atomic mass is 10.3. The topological polar surface area (TPSA) is 7.12 Å². The highest BCUT2D eigenvalue weighted by Gasteiger charge is 2.22. The Morgan fingerprint density at radius 3 is 2.57 bits per heavy atom. The second-order valence-electron chi connectivity index (χ2n) is 6.22. The summed E-state index contributed by atoms with van der Waals surface area (Å²) < 4.78 is 3.70. The lowest BCUT2D eigenvalue weighted by molar-refractivity contribution is -0.665. The van der Waals surface area contributed by atoms with E-state index >= 15 is 0 Å². The molecule has 4 rings (SSSR count). The predicted molar refractivity (Wildman–Crippen MR) is 119 cm³/mol. The molecule has 1 aliphatic rings. The summed E-state index contributed by atoms with van der Waals surface area (Å²) >= 11 is 3.68. The summed E-state index contributed by atoms with van der Waals surface area (Å²) in [5.74, 6) is 0. The number of thioether (sulfide) groups is 1. The highest BCUT2D eigenvalue weighted by Crippen LogP contribution is 2.45. The molecule has 0 bridgehead atoms. The molecule has 0 spiro atoms. The molecular weight excluding hydrogens is 495 g/mol. The Morgan fingerprint density at radius 1 is 0.964 bits per heavy atom. The molecule has 1 aromatic heterocycles. The van der Waals surface area contributed by atoms with E-state index in [9.17, 15) is 0 Å². The third kappa shape index (κ3) is 4.21. The standard InChI is InChI=1S/C23H23N2S2.HI/c1-3-24-18-12-8-10-14-20(18)26-22(24)16-6-5-7-17-23-25(4-2)19-13-9-11-15-21(19)27-23;/h5-17H,3-4H2,1-2H3;1H/q+1;/p-1. The van der Waals surface area contributed by atoms with E-state index in [1.165, 1.54) is 30.8 Å². The van der Waals surface area contributed by atoms with Crippen LogP contribution < -0.4 is 33.4 Å². The van der Waals surface area contributed by atoms with E-state index in [0.29, 0.717) is 0 Å². The van der Waals surface area contributed by atoms with Gasteiger partial charge >= 0.3 is 0 Å². The first-order valence-electron chi connectivity index (χ1n) is 9.32. The zero-order chi connectivity index (χ0) is 18.6. The highest BCUT2D eigenvalue weighted by molar-refractivity contribution is 8.03. The van der Waals surface area contributed by atoms with Gasteiger partial charge in [-0.3, -0.25) is 0 Å². The van der Waals surface area contributed by atoms with Crippen LogP contribution in [-0.4, -0.2) is 6.54 Å². The monoisotopic (exact) mass is 518 g/mol. The van der Waals surface area contributed by atoms with Crippen LogP contribution in [0.3, 0.4) is 0 Å². The first-order chi connectivity index (χ1) is 13.3. The van der Waals surface area contributed by atoms with Gasteiger partial charge in [-0.05, 0) is 38.1 Å². The lowest BCUT2D eigenvalue weighted by Gasteiger charge is -2.17. The molecule has 0 radical (unpaired) electrons. The van der Waals surface area contributed by atoms with Crippen molar-refractivity contribution in [1.29, 1.82) is 0 Å². The summed E-state index contributed by atoms with van der Waals surface area (Å²) in [7, 11) is 0. The van der Waals surface area contributed by atoms with E-state index in [-0.39, 0.29) is 24.0 Å². The first kappa shape index (κ1) is 21.1. The van der Waals surface area contributed by atoms with E-state index in [4.69, 9.17) is 0 Å². The molecule has 0 saturated heterocycles. The summed E-state index contributed by atoms with van der Waals surface area (Å²) in [5, 5.41) is 2.57. The summed E-state index contributed by atoms with van der Waals surface area (Å²) in [4.78, 5) is 3.70. The number of benzene rings is 2. The average molecular weight is 518 g/mol. The number of allylic oxidation sites excluding steroid dienone is 4. The van der Waals surface area contributed by atoms with Crippen molar-refractivity contribution in [2.75, 3.05) is 11.4 Å². The van der Waals surface area contributed by atoms with Crippen LogP contribution in [-0.2, 0) is 6.54 Å². The van der Waals surface area contributed by atoms with Crippen LogP contribution in [0.5, 0.6) is 0 Å². The fourth-order valence-electron chi connectivity index (χ4n) is 3.35. The third-order valence-electron chi connectivity index (χ3n) is 4.61. The molecule has 0 unspecified atom stereocenters. The molecule has 0 atom stereocenters. The van der Waals surface area contributed by atoms with Gasteiger partial charge in [-0.1, -0.05) is 65.6 Å². The van der Waals surface area contributed by atoms with Crippen molar-refractivity contribution < 1.29 is 28.5 Å². The summed E-state index contributed by atoms with van der Waals surface area (Å²) in [6.45, 7) is 6.37. The number of halogens is 1. The number of nitrogens with zero attached hydrogens (tertiary/aromatic N) is 2. The molecule has 5 heteroatoms. The molecular formula is C23H23IN2S2. The minimum atomic E-state index is 0. The van der Waals surface area contributed by atoms with Crippen LogP contribution in [0.2, 0.25) is 0 Å². The normalized spacial score (nSPS) is 15.1. The zero-order valence-corrected chi connectivity index (χ0v) is 19.8. The van der Waals surface area contributed by atoms with E-state index in [2.05, 4.69) is 102 Å². The van der Waals surface area contributed by atoms with Gasteiger partial charge in [0.2, 0.25) is 5.52 Å². The smallest absolute Gasteiger partial charge is 0.262 e. The van der Waals surface area contributed by atoms with Gasteiger partial charge in [0.25, 0.3) is 5.01 Å². The van der Waals surface area contributed by atoms with Crippen LogP contribution in [0, 0.1) is 0 Å². The SMILES string of the molecule is CCN1/C(=C\C=CC=Cc2sc3ccccc3[n+]2CC)Sc2ccccc21.[I-]. The van der Waals surface area contributed by atoms with Crippen molar-refractivity contribution in [2.24, 2.45) is 0 Å². The van der Waals surface area contributed by atoms with Crippen molar-refractivity contribution in [3.05, 3.63) is 82.9 Å². The van der Waals surface area contributed by atoms with Crippen LogP contribution in [0.15, 0.2) is 82.8 Å². The van der Waals surface area contributed by atoms with Crippen LogP contribution in [0.4, 0.5) is 5.69 Å². The van der Waals surface area contributed by atoms with Crippen LogP contribution in [0.1, 0.15) is 18.9 Å². The Hall–Kier alpha value is -1.57. The van der Waals surface area contributed by atoms with Crippen molar-refractivity contribution in [3.63, 3.8) is 0 Å². The molecule has 0 N–H and O–H groups in total. The third-order valence-corrected chi connectivity index (χ3v) is 6.87. The molecule has 28 heavy (non-hydrogen) atoms. The molecule has 2 heterocycles. The molecule has 0 fully saturated rings. The first-order valence-corrected chi connectivity index (χ1v) is 11.0. The highest BCUT2D eigenvalue weighted by atomic mass is 127. The number of thiazole rings is 1. The second kappa shape index (κ2) is 9.76. The van der Waals surface area contributed by atoms with Gasteiger partial charge in [0.05, 0.1) is 10.7 Å². The summed E-state index contributed by atoms with van der Waals surface area (Å²) in [5.41, 5.74) is 2.63. The second-order valence-corrected chi connectivity index (χ2v) is 8.34. The van der Waals surface area contributed by atoms with Gasteiger partial charge in [0.1, 0.15) is 11.2 Å². The quantitative estimate of drug-likeness (QED) is 0.291. The number of hydrogen-bond acceptors (Lipinski definition) is 3. The Kier molecular flexibility index (Phi) is 7.37. The Bertz CT molecular complexity index is 1050. The number of fused-ring (bicyclic) bond motifs is 2. The van der Waals surface area contributed by atoms with Crippen LogP contribution in [0.25, 0.3) is 16.3 Å². The number of rotatable bonds is 5. The predicted octanol–water partition coefficient (Wildman–Crippen LogP) is 3.26. The minimum Gasteiger partial charge on any atom is -1.00 e. The van der Waals surface area contributed by atoms with Gasteiger partial charge in [0.15, 0.2) is 0 Å². The molecule has 2 nitrogen and oxygen atoms in total. The van der Waals surface area contributed by atoms with Gasteiger partial charge in [-0.25, -0.2) is 0 Å². The van der Waals surface area contributed by atoms with E-state index in [1.807, 2.05) is 23.1 Å².